The molecule has 1 fully saturated rings. The van der Waals surface area contributed by atoms with Crippen molar-refractivity contribution in [1.29, 1.82) is 0 Å². The van der Waals surface area contributed by atoms with Crippen molar-refractivity contribution in [2.24, 2.45) is 0 Å². The van der Waals surface area contributed by atoms with E-state index in [1.165, 1.54) is 16.5 Å². The highest BCUT2D eigenvalue weighted by Crippen LogP contribution is 2.30. The van der Waals surface area contributed by atoms with E-state index in [-0.39, 0.29) is 23.9 Å². The molecule has 188 valence electrons. The Bertz CT molecular complexity index is 1220. The molecule has 0 bridgehead atoms. The number of carbonyl (C=O) groups excluding carboxylic acids is 2. The molecule has 2 heterocycles. The summed E-state index contributed by atoms with van der Waals surface area (Å²) in [4.78, 5) is 29.1. The maximum atomic E-state index is 13.0. The number of hydrogen-bond donors (Lipinski definition) is 1. The molecular formula is C30H35N3O3. The Morgan fingerprint density at radius 3 is 2.69 bits per heavy atom. The zero-order valence-electron chi connectivity index (χ0n) is 21.0. The van der Waals surface area contributed by atoms with Gasteiger partial charge in [-0.25, -0.2) is 0 Å². The van der Waals surface area contributed by atoms with Crippen molar-refractivity contribution in [3.63, 3.8) is 0 Å². The molecule has 5 rings (SSSR count). The maximum Gasteiger partial charge on any atom is 0.242 e. The van der Waals surface area contributed by atoms with Crippen LogP contribution in [0.15, 0.2) is 66.7 Å². The first kappa shape index (κ1) is 24.3. The average molecular weight is 486 g/mol. The highest BCUT2D eigenvalue weighted by atomic mass is 16.5. The molecule has 0 aliphatic carbocycles. The molecule has 2 atom stereocenters. The van der Waals surface area contributed by atoms with Crippen molar-refractivity contribution in [3.05, 3.63) is 77.9 Å². The van der Waals surface area contributed by atoms with Gasteiger partial charge in [-0.1, -0.05) is 60.7 Å². The second-order valence-corrected chi connectivity index (χ2v) is 9.80. The molecule has 0 radical (unpaired) electrons. The smallest absolute Gasteiger partial charge is 0.242 e. The lowest BCUT2D eigenvalue weighted by atomic mass is 9.92. The molecule has 6 heteroatoms. The lowest BCUT2D eigenvalue weighted by Gasteiger charge is -2.38. The van der Waals surface area contributed by atoms with Gasteiger partial charge >= 0.3 is 0 Å². The monoisotopic (exact) mass is 485 g/mol. The second kappa shape index (κ2) is 11.1. The lowest BCUT2D eigenvalue weighted by Crippen LogP contribution is -2.48. The van der Waals surface area contributed by atoms with Crippen LogP contribution in [-0.2, 0) is 16.0 Å². The number of amides is 2. The Kier molecular flexibility index (Phi) is 7.52. The fraction of sp³-hybridized carbons (Fsp3) is 0.400. The number of nitrogens with zero attached hydrogens (tertiary/aromatic N) is 2. The minimum Gasteiger partial charge on any atom is -0.493 e. The van der Waals surface area contributed by atoms with Crippen LogP contribution in [0.25, 0.3) is 10.8 Å². The van der Waals surface area contributed by atoms with E-state index < -0.39 is 0 Å². The summed E-state index contributed by atoms with van der Waals surface area (Å²) in [6.45, 7) is 5.24. The average Bonchev–Trinajstić information content (AvgIpc) is 3.41. The minimum absolute atomic E-state index is 0.0246. The fourth-order valence-electron chi connectivity index (χ4n) is 5.71. The number of rotatable bonds is 8. The van der Waals surface area contributed by atoms with Crippen molar-refractivity contribution in [2.75, 3.05) is 32.8 Å². The Balaban J connectivity index is 1.21. The standard InChI is InChI=1S/C30H35N3O3/c1-22(34)33-18-7-14-27(33)30(35)31-21-28-25-12-4-2-10-24(25)16-19-32(28)17-8-20-36-29-15-6-11-23-9-3-5-13-26(23)29/h2-6,9-13,15,27-28H,7-8,14,16-21H2,1H3,(H,31,35)/t27-,28?/m1/s1. The number of likely N-dealkylation sites (tertiary alicyclic amines) is 1. The summed E-state index contributed by atoms with van der Waals surface area (Å²) in [5.74, 6) is 0.862. The van der Waals surface area contributed by atoms with Crippen LogP contribution in [0, 0.1) is 0 Å². The van der Waals surface area contributed by atoms with Gasteiger partial charge in [0.1, 0.15) is 11.8 Å². The van der Waals surface area contributed by atoms with E-state index >= 15 is 0 Å². The maximum absolute atomic E-state index is 13.0. The van der Waals surface area contributed by atoms with Crippen LogP contribution in [0.2, 0.25) is 0 Å². The first-order chi connectivity index (χ1) is 17.6. The fourth-order valence-corrected chi connectivity index (χ4v) is 5.71. The zero-order valence-corrected chi connectivity index (χ0v) is 21.0. The van der Waals surface area contributed by atoms with E-state index in [1.54, 1.807) is 11.8 Å². The third kappa shape index (κ3) is 5.24. The van der Waals surface area contributed by atoms with Crippen LogP contribution >= 0.6 is 0 Å². The van der Waals surface area contributed by atoms with E-state index in [2.05, 4.69) is 52.7 Å². The van der Waals surface area contributed by atoms with E-state index in [0.29, 0.717) is 19.7 Å². The molecule has 1 saturated heterocycles. The molecular weight excluding hydrogens is 450 g/mol. The summed E-state index contributed by atoms with van der Waals surface area (Å²) < 4.78 is 6.18. The van der Waals surface area contributed by atoms with E-state index in [1.807, 2.05) is 24.3 Å². The first-order valence-electron chi connectivity index (χ1n) is 13.1. The van der Waals surface area contributed by atoms with Crippen LogP contribution in [0.3, 0.4) is 0 Å². The van der Waals surface area contributed by atoms with Crippen LogP contribution in [0.1, 0.15) is 43.4 Å². The number of hydrogen-bond acceptors (Lipinski definition) is 4. The molecule has 2 aliphatic rings. The van der Waals surface area contributed by atoms with Crippen LogP contribution in [0.4, 0.5) is 0 Å². The molecule has 3 aromatic carbocycles. The Hall–Kier alpha value is -3.38. The van der Waals surface area contributed by atoms with Crippen molar-refractivity contribution in [1.82, 2.24) is 15.1 Å². The van der Waals surface area contributed by atoms with Gasteiger partial charge in [0.2, 0.25) is 11.8 Å². The van der Waals surface area contributed by atoms with Crippen molar-refractivity contribution >= 4 is 22.6 Å². The SMILES string of the molecule is CC(=O)N1CCC[C@@H]1C(=O)NCC1c2ccccc2CCN1CCCOc1cccc2ccccc12. The predicted octanol–water partition coefficient (Wildman–Crippen LogP) is 4.34. The molecule has 6 nitrogen and oxygen atoms in total. The summed E-state index contributed by atoms with van der Waals surface area (Å²) in [5, 5.41) is 5.50. The highest BCUT2D eigenvalue weighted by Gasteiger charge is 2.33. The van der Waals surface area contributed by atoms with Gasteiger partial charge < -0.3 is 15.0 Å². The Labute approximate surface area is 213 Å². The zero-order chi connectivity index (χ0) is 24.9. The van der Waals surface area contributed by atoms with Gasteiger partial charge in [-0.3, -0.25) is 14.5 Å². The van der Waals surface area contributed by atoms with Crippen LogP contribution < -0.4 is 10.1 Å². The summed E-state index contributed by atoms with van der Waals surface area (Å²) in [6.07, 6.45) is 3.52. The van der Waals surface area contributed by atoms with Gasteiger partial charge in [0.15, 0.2) is 0 Å². The van der Waals surface area contributed by atoms with E-state index in [0.717, 1.165) is 49.9 Å². The predicted molar refractivity (Wildman–Crippen MR) is 142 cm³/mol. The number of carbonyl (C=O) groups is 2. The molecule has 2 aliphatic heterocycles. The van der Waals surface area contributed by atoms with Crippen LogP contribution in [-0.4, -0.2) is 60.4 Å². The van der Waals surface area contributed by atoms with Crippen LogP contribution in [0.5, 0.6) is 5.75 Å². The number of ether oxygens (including phenoxy) is 1. The molecule has 2 amide bonds. The number of fused-ring (bicyclic) bond motifs is 2. The second-order valence-electron chi connectivity index (χ2n) is 9.80. The van der Waals surface area contributed by atoms with E-state index in [9.17, 15) is 9.59 Å². The topological polar surface area (TPSA) is 61.9 Å². The highest BCUT2D eigenvalue weighted by molar-refractivity contribution is 5.88. The van der Waals surface area contributed by atoms with Gasteiger partial charge in [0, 0.05) is 38.5 Å². The quantitative estimate of drug-likeness (QED) is 0.483. The minimum atomic E-state index is -0.344. The Morgan fingerprint density at radius 1 is 1.00 bits per heavy atom. The lowest BCUT2D eigenvalue weighted by molar-refractivity contribution is -0.137. The summed E-state index contributed by atoms with van der Waals surface area (Å²) in [5.41, 5.74) is 2.64. The molecule has 1 N–H and O–H groups in total. The number of benzene rings is 3. The normalized spacial score (nSPS) is 19.8. The van der Waals surface area contributed by atoms with Gasteiger partial charge in [-0.05, 0) is 48.3 Å². The van der Waals surface area contributed by atoms with Gasteiger partial charge in [-0.2, -0.15) is 0 Å². The molecule has 3 aromatic rings. The third-order valence-electron chi connectivity index (χ3n) is 7.55. The summed E-state index contributed by atoms with van der Waals surface area (Å²) in [6, 6.07) is 22.8. The summed E-state index contributed by atoms with van der Waals surface area (Å²) >= 11 is 0. The van der Waals surface area contributed by atoms with Crippen molar-refractivity contribution < 1.29 is 14.3 Å². The van der Waals surface area contributed by atoms with Crippen molar-refractivity contribution in [3.8, 4) is 5.75 Å². The molecule has 0 spiro atoms. The third-order valence-corrected chi connectivity index (χ3v) is 7.55. The first-order valence-corrected chi connectivity index (χ1v) is 13.1. The van der Waals surface area contributed by atoms with Gasteiger partial charge in [-0.15, -0.1) is 0 Å². The molecule has 36 heavy (non-hydrogen) atoms. The summed E-state index contributed by atoms with van der Waals surface area (Å²) in [7, 11) is 0. The van der Waals surface area contributed by atoms with Crippen molar-refractivity contribution in [2.45, 2.75) is 44.7 Å². The molecule has 0 aromatic heterocycles. The largest absolute Gasteiger partial charge is 0.493 e. The molecule has 0 saturated carbocycles. The number of nitrogens with one attached hydrogen (secondary N) is 1. The van der Waals surface area contributed by atoms with Gasteiger partial charge in [0.25, 0.3) is 0 Å². The van der Waals surface area contributed by atoms with Gasteiger partial charge in [0.05, 0.1) is 12.6 Å². The van der Waals surface area contributed by atoms with E-state index in [4.69, 9.17) is 4.74 Å². The Morgan fingerprint density at radius 2 is 1.81 bits per heavy atom. The molecule has 1 unspecified atom stereocenters.